The Kier molecular flexibility index (Phi) is 6.27. The number of fused-ring (bicyclic) bond motifs is 1. The monoisotopic (exact) mass is 421 g/mol. The normalized spacial score (nSPS) is 21.1. The van der Waals surface area contributed by atoms with Crippen LogP contribution in [0.4, 0.5) is 4.79 Å². The fourth-order valence-corrected chi connectivity index (χ4v) is 4.14. The molecule has 2 saturated heterocycles. The van der Waals surface area contributed by atoms with Crippen molar-refractivity contribution in [2.24, 2.45) is 0 Å². The Balaban J connectivity index is 1.47. The van der Waals surface area contributed by atoms with Crippen LogP contribution < -0.4 is 10.6 Å². The molecule has 2 aliphatic rings. The zero-order valence-corrected chi connectivity index (χ0v) is 17.6. The van der Waals surface area contributed by atoms with Gasteiger partial charge in [0.05, 0.1) is 12.6 Å². The van der Waals surface area contributed by atoms with E-state index in [2.05, 4.69) is 15.6 Å². The quantitative estimate of drug-likeness (QED) is 0.739. The Morgan fingerprint density at radius 3 is 2.61 bits per heavy atom. The average molecular weight is 422 g/mol. The first kappa shape index (κ1) is 21.0. The maximum Gasteiger partial charge on any atom is 0.327 e. The second-order valence-corrected chi connectivity index (χ2v) is 8.09. The van der Waals surface area contributed by atoms with E-state index >= 15 is 0 Å². The molecule has 2 aromatic rings. The smallest absolute Gasteiger partial charge is 0.327 e. The Morgan fingerprint density at radius 2 is 1.87 bits per heavy atom. The van der Waals surface area contributed by atoms with Crippen LogP contribution in [0.3, 0.4) is 0 Å². The number of amides is 4. The summed E-state index contributed by atoms with van der Waals surface area (Å²) in [4.78, 5) is 45.7. The molecule has 3 heterocycles. The van der Waals surface area contributed by atoms with Crippen molar-refractivity contribution in [1.29, 1.82) is 0 Å². The van der Waals surface area contributed by atoms with Crippen LogP contribution in [0.25, 0.3) is 0 Å². The number of piperidine rings is 1. The molecule has 4 amide bonds. The number of benzene rings is 1. The molecule has 162 valence electrons. The third-order valence-electron chi connectivity index (χ3n) is 5.85. The van der Waals surface area contributed by atoms with Gasteiger partial charge in [-0.15, -0.1) is 0 Å². The zero-order valence-electron chi connectivity index (χ0n) is 17.6. The van der Waals surface area contributed by atoms with Crippen molar-refractivity contribution in [3.63, 3.8) is 0 Å². The number of aromatic nitrogens is 1. The highest BCUT2D eigenvalue weighted by atomic mass is 16.2. The van der Waals surface area contributed by atoms with Crippen molar-refractivity contribution in [2.75, 3.05) is 13.1 Å². The molecule has 8 heteroatoms. The predicted molar refractivity (Wildman–Crippen MR) is 115 cm³/mol. The van der Waals surface area contributed by atoms with E-state index in [9.17, 15) is 14.4 Å². The lowest BCUT2D eigenvalue weighted by Crippen LogP contribution is -2.70. The Labute approximate surface area is 181 Å². The summed E-state index contributed by atoms with van der Waals surface area (Å²) in [6, 6.07) is 10.3. The molecule has 0 bridgehead atoms. The number of rotatable bonds is 6. The summed E-state index contributed by atoms with van der Waals surface area (Å²) in [6.07, 6.45) is 4.81. The molecule has 2 unspecified atom stereocenters. The van der Waals surface area contributed by atoms with Crippen molar-refractivity contribution in [1.82, 2.24) is 25.4 Å². The van der Waals surface area contributed by atoms with Crippen molar-refractivity contribution in [3.05, 3.63) is 65.5 Å². The molecule has 0 spiro atoms. The van der Waals surface area contributed by atoms with E-state index in [1.807, 2.05) is 31.2 Å². The average Bonchev–Trinajstić information content (AvgIpc) is 2.80. The minimum atomic E-state index is -0.488. The molecule has 2 N–H and O–H groups in total. The highest BCUT2D eigenvalue weighted by Gasteiger charge is 2.47. The van der Waals surface area contributed by atoms with E-state index in [1.54, 1.807) is 29.4 Å². The molecule has 2 fully saturated rings. The number of carbonyl (C=O) groups excluding carboxylic acids is 3. The molecule has 2 aliphatic heterocycles. The van der Waals surface area contributed by atoms with Crippen LogP contribution in [0.15, 0.2) is 48.8 Å². The fourth-order valence-electron chi connectivity index (χ4n) is 4.14. The number of aryl methyl sites for hydroxylation is 1. The van der Waals surface area contributed by atoms with Gasteiger partial charge in [0, 0.05) is 18.9 Å². The number of hydrogen-bond donors (Lipinski definition) is 2. The summed E-state index contributed by atoms with van der Waals surface area (Å²) in [7, 11) is 0. The highest BCUT2D eigenvalue weighted by Crippen LogP contribution is 2.25. The number of urea groups is 1. The number of pyridine rings is 1. The zero-order chi connectivity index (χ0) is 21.8. The summed E-state index contributed by atoms with van der Waals surface area (Å²) >= 11 is 0. The summed E-state index contributed by atoms with van der Waals surface area (Å²) in [5.74, 6) is -0.473. The summed E-state index contributed by atoms with van der Waals surface area (Å²) in [5.41, 5.74) is 2.97. The van der Waals surface area contributed by atoms with Crippen molar-refractivity contribution in [3.8, 4) is 0 Å². The number of hydrogen-bond acceptors (Lipinski definition) is 5. The number of nitrogens with one attached hydrogen (secondary N) is 2. The first-order valence-electron chi connectivity index (χ1n) is 10.6. The van der Waals surface area contributed by atoms with Gasteiger partial charge in [0.2, 0.25) is 11.8 Å². The van der Waals surface area contributed by atoms with E-state index in [-0.39, 0.29) is 30.9 Å². The summed E-state index contributed by atoms with van der Waals surface area (Å²) in [6.45, 7) is 3.21. The molecule has 1 aromatic carbocycles. The lowest BCUT2D eigenvalue weighted by Gasteiger charge is -2.46. The van der Waals surface area contributed by atoms with Crippen molar-refractivity contribution < 1.29 is 14.4 Å². The molecular formula is C23H27N5O3. The Morgan fingerprint density at radius 1 is 1.13 bits per heavy atom. The molecule has 1 aromatic heterocycles. The lowest BCUT2D eigenvalue weighted by molar-refractivity contribution is -0.139. The summed E-state index contributed by atoms with van der Waals surface area (Å²) in [5, 5.41) is 6.14. The minimum Gasteiger partial charge on any atom is -0.350 e. The van der Waals surface area contributed by atoms with Crippen LogP contribution in [-0.4, -0.2) is 57.8 Å². The van der Waals surface area contributed by atoms with Crippen LogP contribution >= 0.6 is 0 Å². The first-order valence-corrected chi connectivity index (χ1v) is 10.6. The number of nitrogens with zero attached hydrogens (tertiary/aromatic N) is 3. The van der Waals surface area contributed by atoms with Gasteiger partial charge < -0.3 is 15.5 Å². The Bertz CT molecular complexity index is 947. The van der Waals surface area contributed by atoms with E-state index in [1.165, 1.54) is 4.90 Å². The first-order chi connectivity index (χ1) is 15.0. The fraction of sp³-hybridized carbons (Fsp3) is 0.391. The second-order valence-electron chi connectivity index (χ2n) is 8.09. The van der Waals surface area contributed by atoms with Crippen LogP contribution in [0.5, 0.6) is 0 Å². The van der Waals surface area contributed by atoms with Crippen LogP contribution in [-0.2, 0) is 22.7 Å². The molecule has 2 atom stereocenters. The standard InChI is InChI=1S/C23H27N5O3/c1-16-4-6-17(7-5-16)13-26-20(29)15-27-19-3-2-10-25-21(19)22(30)28(23(27)31)14-18-8-11-24-12-9-18/h4-9,11-12,19,21,25H,2-3,10,13-15H2,1H3,(H,26,29). The summed E-state index contributed by atoms with van der Waals surface area (Å²) < 4.78 is 0. The van der Waals surface area contributed by atoms with Crippen molar-refractivity contribution in [2.45, 2.75) is 44.9 Å². The van der Waals surface area contributed by atoms with Crippen LogP contribution in [0.2, 0.25) is 0 Å². The lowest BCUT2D eigenvalue weighted by atomic mass is 9.93. The minimum absolute atomic E-state index is 0.0757. The van der Waals surface area contributed by atoms with Gasteiger partial charge in [-0.25, -0.2) is 4.79 Å². The Hall–Kier alpha value is -3.26. The van der Waals surface area contributed by atoms with Gasteiger partial charge in [-0.1, -0.05) is 29.8 Å². The van der Waals surface area contributed by atoms with Gasteiger partial charge >= 0.3 is 6.03 Å². The third kappa shape index (κ3) is 4.74. The van der Waals surface area contributed by atoms with Crippen LogP contribution in [0, 0.1) is 6.92 Å². The topological polar surface area (TPSA) is 94.6 Å². The molecule has 0 aliphatic carbocycles. The molecule has 0 radical (unpaired) electrons. The SMILES string of the molecule is Cc1ccc(CNC(=O)CN2C(=O)N(Cc3ccncc3)C(=O)C3NCCCC32)cc1. The highest BCUT2D eigenvalue weighted by molar-refractivity contribution is 6.01. The van der Waals surface area contributed by atoms with E-state index in [0.29, 0.717) is 13.0 Å². The van der Waals surface area contributed by atoms with Gasteiger partial charge in [-0.05, 0) is 49.6 Å². The molecular weight excluding hydrogens is 394 g/mol. The van der Waals surface area contributed by atoms with Gasteiger partial charge in [0.25, 0.3) is 0 Å². The molecule has 31 heavy (non-hydrogen) atoms. The van der Waals surface area contributed by atoms with Crippen molar-refractivity contribution >= 4 is 17.8 Å². The predicted octanol–water partition coefficient (Wildman–Crippen LogP) is 1.59. The van der Waals surface area contributed by atoms with E-state index in [4.69, 9.17) is 0 Å². The van der Waals surface area contributed by atoms with E-state index in [0.717, 1.165) is 29.7 Å². The molecule has 4 rings (SSSR count). The third-order valence-corrected chi connectivity index (χ3v) is 5.85. The van der Waals surface area contributed by atoms with Gasteiger partial charge in [0.1, 0.15) is 12.6 Å². The van der Waals surface area contributed by atoms with Crippen LogP contribution in [0.1, 0.15) is 29.5 Å². The maximum absolute atomic E-state index is 13.2. The second kappa shape index (κ2) is 9.26. The molecule has 0 saturated carbocycles. The van der Waals surface area contributed by atoms with Gasteiger partial charge in [-0.2, -0.15) is 0 Å². The van der Waals surface area contributed by atoms with Gasteiger partial charge in [-0.3, -0.25) is 19.5 Å². The largest absolute Gasteiger partial charge is 0.350 e. The van der Waals surface area contributed by atoms with E-state index < -0.39 is 12.1 Å². The maximum atomic E-state index is 13.2. The van der Waals surface area contributed by atoms with Gasteiger partial charge in [0.15, 0.2) is 0 Å². The molecule has 8 nitrogen and oxygen atoms in total. The number of carbonyl (C=O) groups is 3. The number of imide groups is 1.